The minimum atomic E-state index is -0.0922. The van der Waals surface area contributed by atoms with Crippen molar-refractivity contribution in [3.8, 4) is 0 Å². The number of benzene rings is 1. The lowest BCUT2D eigenvalue weighted by atomic mass is 9.99. The predicted octanol–water partition coefficient (Wildman–Crippen LogP) is 1.44. The van der Waals surface area contributed by atoms with Gasteiger partial charge in [0.15, 0.2) is 0 Å². The molecule has 4 heteroatoms. The lowest BCUT2D eigenvalue weighted by Gasteiger charge is -2.05. The van der Waals surface area contributed by atoms with E-state index in [1.807, 2.05) is 26.0 Å². The molecule has 82 valence electrons. The van der Waals surface area contributed by atoms with Crippen LogP contribution in [-0.4, -0.2) is 15.4 Å². The van der Waals surface area contributed by atoms with E-state index >= 15 is 0 Å². The molecule has 0 saturated heterocycles. The molecule has 0 atom stereocenters. The largest absolute Gasteiger partial charge is 0.338 e. The topological polar surface area (TPSA) is 60.9 Å². The van der Waals surface area contributed by atoms with Gasteiger partial charge in [0.25, 0.3) is 0 Å². The second-order valence-corrected chi connectivity index (χ2v) is 3.78. The molecule has 1 aromatic heterocycles. The van der Waals surface area contributed by atoms with Crippen LogP contribution in [0.15, 0.2) is 30.7 Å². The molecule has 0 saturated carbocycles. The molecule has 1 heterocycles. The number of nitrogens with two attached hydrogens (primary N) is 1. The van der Waals surface area contributed by atoms with Gasteiger partial charge in [0.1, 0.15) is 12.0 Å². The SMILES string of the molecule is Cc1cccc(C(=O)c2cn(N)cn2)c1C. The summed E-state index contributed by atoms with van der Waals surface area (Å²) in [4.78, 5) is 16.1. The van der Waals surface area contributed by atoms with Crippen LogP contribution in [0.3, 0.4) is 0 Å². The first-order chi connectivity index (χ1) is 7.59. The average molecular weight is 215 g/mol. The van der Waals surface area contributed by atoms with Gasteiger partial charge in [-0.05, 0) is 25.0 Å². The fourth-order valence-corrected chi connectivity index (χ4v) is 1.59. The average Bonchev–Trinajstić information content (AvgIpc) is 2.68. The van der Waals surface area contributed by atoms with E-state index in [2.05, 4.69) is 4.98 Å². The quantitative estimate of drug-likeness (QED) is 0.609. The predicted molar refractivity (Wildman–Crippen MR) is 61.7 cm³/mol. The van der Waals surface area contributed by atoms with Crippen LogP contribution in [0, 0.1) is 13.8 Å². The second kappa shape index (κ2) is 3.81. The number of nitrogen functional groups attached to an aromatic ring is 1. The van der Waals surface area contributed by atoms with Gasteiger partial charge in [-0.25, -0.2) is 4.98 Å². The molecule has 0 fully saturated rings. The number of hydrogen-bond acceptors (Lipinski definition) is 3. The molecule has 0 spiro atoms. The van der Waals surface area contributed by atoms with Crippen LogP contribution in [0.4, 0.5) is 0 Å². The van der Waals surface area contributed by atoms with E-state index in [-0.39, 0.29) is 5.78 Å². The van der Waals surface area contributed by atoms with Gasteiger partial charge in [0.05, 0.1) is 6.20 Å². The zero-order valence-electron chi connectivity index (χ0n) is 9.27. The fraction of sp³-hybridized carbons (Fsp3) is 0.167. The maximum absolute atomic E-state index is 12.1. The zero-order chi connectivity index (χ0) is 11.7. The summed E-state index contributed by atoms with van der Waals surface area (Å²) in [5.41, 5.74) is 3.13. The van der Waals surface area contributed by atoms with Crippen LogP contribution in [0.1, 0.15) is 27.2 Å². The van der Waals surface area contributed by atoms with E-state index in [1.54, 1.807) is 6.07 Å². The van der Waals surface area contributed by atoms with Gasteiger partial charge in [-0.1, -0.05) is 18.2 Å². The number of hydrogen-bond donors (Lipinski definition) is 1. The summed E-state index contributed by atoms with van der Waals surface area (Å²) < 4.78 is 1.28. The van der Waals surface area contributed by atoms with Gasteiger partial charge < -0.3 is 5.84 Å². The molecule has 0 aliphatic rings. The summed E-state index contributed by atoms with van der Waals surface area (Å²) in [6.45, 7) is 3.91. The smallest absolute Gasteiger partial charge is 0.213 e. The molecule has 4 nitrogen and oxygen atoms in total. The van der Waals surface area contributed by atoms with E-state index in [0.717, 1.165) is 11.1 Å². The van der Waals surface area contributed by atoms with Crippen molar-refractivity contribution in [3.63, 3.8) is 0 Å². The molecular formula is C12H13N3O. The Labute approximate surface area is 93.7 Å². The maximum Gasteiger partial charge on any atom is 0.213 e. The Morgan fingerprint density at radius 1 is 1.38 bits per heavy atom. The third-order valence-electron chi connectivity index (χ3n) is 2.68. The van der Waals surface area contributed by atoms with Crippen molar-refractivity contribution in [2.45, 2.75) is 13.8 Å². The van der Waals surface area contributed by atoms with Gasteiger partial charge in [-0.15, -0.1) is 0 Å². The number of nitrogens with zero attached hydrogens (tertiary/aromatic N) is 2. The molecule has 0 unspecified atom stereocenters. The van der Waals surface area contributed by atoms with Crippen molar-refractivity contribution >= 4 is 5.78 Å². The van der Waals surface area contributed by atoms with Crippen LogP contribution in [0.5, 0.6) is 0 Å². The Balaban J connectivity index is 2.45. The number of aryl methyl sites for hydroxylation is 1. The van der Waals surface area contributed by atoms with Crippen molar-refractivity contribution in [3.05, 3.63) is 53.1 Å². The minimum absolute atomic E-state index is 0.0922. The molecule has 1 aromatic carbocycles. The number of carbonyl (C=O) groups excluding carboxylic acids is 1. The summed E-state index contributed by atoms with van der Waals surface area (Å²) >= 11 is 0. The van der Waals surface area contributed by atoms with Gasteiger partial charge in [-0.2, -0.15) is 0 Å². The first-order valence-electron chi connectivity index (χ1n) is 4.99. The van der Waals surface area contributed by atoms with E-state index < -0.39 is 0 Å². The molecule has 0 radical (unpaired) electrons. The van der Waals surface area contributed by atoms with Crippen LogP contribution in [-0.2, 0) is 0 Å². The van der Waals surface area contributed by atoms with Gasteiger partial charge in [0.2, 0.25) is 5.78 Å². The normalized spacial score (nSPS) is 10.4. The summed E-state index contributed by atoms with van der Waals surface area (Å²) in [5.74, 6) is 5.37. The Morgan fingerprint density at radius 2 is 2.12 bits per heavy atom. The first kappa shape index (κ1) is 10.4. The lowest BCUT2D eigenvalue weighted by Crippen LogP contribution is -2.06. The van der Waals surface area contributed by atoms with Crippen LogP contribution in [0.2, 0.25) is 0 Å². The molecule has 16 heavy (non-hydrogen) atoms. The van der Waals surface area contributed by atoms with Crippen LogP contribution < -0.4 is 5.84 Å². The summed E-state index contributed by atoms with van der Waals surface area (Å²) in [5, 5.41) is 0. The Kier molecular flexibility index (Phi) is 2.48. The van der Waals surface area contributed by atoms with Gasteiger partial charge in [-0.3, -0.25) is 9.47 Å². The molecule has 2 rings (SSSR count). The van der Waals surface area contributed by atoms with Crippen molar-refractivity contribution in [1.29, 1.82) is 0 Å². The van der Waals surface area contributed by atoms with Gasteiger partial charge >= 0.3 is 0 Å². The fourth-order valence-electron chi connectivity index (χ4n) is 1.59. The zero-order valence-corrected chi connectivity index (χ0v) is 9.27. The van der Waals surface area contributed by atoms with Crippen molar-refractivity contribution in [2.24, 2.45) is 0 Å². The monoisotopic (exact) mass is 215 g/mol. The molecule has 0 aliphatic carbocycles. The second-order valence-electron chi connectivity index (χ2n) is 3.78. The number of rotatable bonds is 2. The summed E-state index contributed by atoms with van der Waals surface area (Å²) in [7, 11) is 0. The molecule has 0 aliphatic heterocycles. The highest BCUT2D eigenvalue weighted by molar-refractivity contribution is 6.08. The first-order valence-corrected chi connectivity index (χ1v) is 4.99. The molecule has 0 bridgehead atoms. The molecular weight excluding hydrogens is 202 g/mol. The highest BCUT2D eigenvalue weighted by Crippen LogP contribution is 2.15. The number of imidazole rings is 1. The van der Waals surface area contributed by atoms with Crippen molar-refractivity contribution < 1.29 is 4.79 Å². The van der Waals surface area contributed by atoms with E-state index in [9.17, 15) is 4.79 Å². The summed E-state index contributed by atoms with van der Waals surface area (Å²) in [6.07, 6.45) is 2.93. The van der Waals surface area contributed by atoms with E-state index in [4.69, 9.17) is 5.84 Å². The van der Waals surface area contributed by atoms with Crippen molar-refractivity contribution in [1.82, 2.24) is 9.66 Å². The Morgan fingerprint density at radius 3 is 2.75 bits per heavy atom. The number of carbonyl (C=O) groups is 1. The van der Waals surface area contributed by atoms with Crippen molar-refractivity contribution in [2.75, 3.05) is 5.84 Å². The molecule has 2 N–H and O–H groups in total. The standard InChI is InChI=1S/C12H13N3O/c1-8-4-3-5-10(9(8)2)12(16)11-6-15(13)7-14-11/h3-7H,13H2,1-2H3. The lowest BCUT2D eigenvalue weighted by molar-refractivity contribution is 0.103. The Bertz CT molecular complexity index is 543. The molecule has 2 aromatic rings. The third kappa shape index (κ3) is 1.69. The van der Waals surface area contributed by atoms with Gasteiger partial charge in [0, 0.05) is 5.56 Å². The minimum Gasteiger partial charge on any atom is -0.338 e. The highest BCUT2D eigenvalue weighted by atomic mass is 16.1. The Hall–Kier alpha value is -2.10. The van der Waals surface area contributed by atoms with E-state index in [1.165, 1.54) is 17.2 Å². The summed E-state index contributed by atoms with van der Waals surface area (Å²) in [6, 6.07) is 5.66. The maximum atomic E-state index is 12.1. The molecule has 0 amide bonds. The van der Waals surface area contributed by atoms with Crippen LogP contribution in [0.25, 0.3) is 0 Å². The third-order valence-corrected chi connectivity index (χ3v) is 2.68. The number of aromatic nitrogens is 2. The van der Waals surface area contributed by atoms with Crippen LogP contribution >= 0.6 is 0 Å². The number of ketones is 1. The van der Waals surface area contributed by atoms with E-state index in [0.29, 0.717) is 11.3 Å². The highest BCUT2D eigenvalue weighted by Gasteiger charge is 2.14.